The quantitative estimate of drug-likeness (QED) is 0.0370. The molecule has 0 aliphatic heterocycles. The Kier molecular flexibility index (Phi) is 19.9. The minimum absolute atomic E-state index is 0.226. The van der Waals surface area contributed by atoms with Gasteiger partial charge in [-0.3, -0.25) is 4.79 Å². The van der Waals surface area contributed by atoms with Gasteiger partial charge < -0.3 is 4.74 Å². The van der Waals surface area contributed by atoms with Crippen LogP contribution in [-0.2, 0) is 29.0 Å². The van der Waals surface area contributed by atoms with E-state index in [1.807, 2.05) is 56.7 Å². The third-order valence-electron chi connectivity index (χ3n) is 10.9. The molecule has 0 N–H and O–H groups in total. The van der Waals surface area contributed by atoms with Gasteiger partial charge in [0.05, 0.1) is 0 Å². The van der Waals surface area contributed by atoms with Gasteiger partial charge in [-0.1, -0.05) is 129 Å². The van der Waals surface area contributed by atoms with Crippen LogP contribution in [0.5, 0.6) is 0 Å². The molecule has 5 aromatic heterocycles. The summed E-state index contributed by atoms with van der Waals surface area (Å²) in [4.78, 5) is 25.3. The summed E-state index contributed by atoms with van der Waals surface area (Å²) in [6.07, 6.45) is 29.8. The number of unbranched alkanes of at least 4 members (excludes halogenated alkanes) is 18. The van der Waals surface area contributed by atoms with Crippen LogP contribution in [0.2, 0.25) is 0 Å². The number of ether oxygens (including phenoxy) is 1. The van der Waals surface area contributed by atoms with Crippen molar-refractivity contribution in [3.8, 4) is 39.0 Å². The highest BCUT2D eigenvalue weighted by molar-refractivity contribution is 7.29. The smallest absolute Gasteiger partial charge is 0.302 e. The first kappa shape index (κ1) is 45.1. The van der Waals surface area contributed by atoms with E-state index in [1.165, 1.54) is 196 Å². The molecule has 2 nitrogen and oxygen atoms in total. The number of hydrogen-bond acceptors (Lipinski definition) is 7. The molecule has 0 saturated heterocycles. The molecule has 56 heavy (non-hydrogen) atoms. The predicted octanol–water partition coefficient (Wildman–Crippen LogP) is 18.3. The highest BCUT2D eigenvalue weighted by Gasteiger charge is 2.19. The fourth-order valence-electron chi connectivity index (χ4n) is 7.66. The standard InChI is InChI=1S/C49H68O2S5/c1-6-8-10-12-14-16-18-20-22-24-26-39-32-36(3)52-48(39)44-30-28-42(54-44)43-29-31-45(55-43)49-40(27-25-23-21-19-17-15-13-11-9-7-2)33-47(56-49)46-34-41(37(4)53-46)35-51-38(5)50/h28-34H,6-27,35H2,1-5H3. The van der Waals surface area contributed by atoms with Crippen molar-refractivity contribution in [1.29, 1.82) is 0 Å². The zero-order valence-corrected chi connectivity index (χ0v) is 39.2. The molecule has 0 amide bonds. The fraction of sp³-hybridized carbons (Fsp3) is 0.571. The Morgan fingerprint density at radius 2 is 0.875 bits per heavy atom. The van der Waals surface area contributed by atoms with Crippen LogP contribution >= 0.6 is 56.7 Å². The lowest BCUT2D eigenvalue weighted by Gasteiger charge is -2.04. The van der Waals surface area contributed by atoms with Crippen molar-refractivity contribution in [2.45, 2.75) is 182 Å². The first-order valence-corrected chi connectivity index (χ1v) is 26.1. The minimum atomic E-state index is -0.226. The van der Waals surface area contributed by atoms with E-state index in [4.69, 9.17) is 4.74 Å². The number of thiophene rings is 5. The van der Waals surface area contributed by atoms with E-state index in [2.05, 4.69) is 70.2 Å². The topological polar surface area (TPSA) is 26.3 Å². The van der Waals surface area contributed by atoms with Gasteiger partial charge in [0.15, 0.2) is 0 Å². The summed E-state index contributed by atoms with van der Waals surface area (Å²) >= 11 is 9.67. The highest BCUT2D eigenvalue weighted by Crippen LogP contribution is 2.47. The van der Waals surface area contributed by atoms with Crippen molar-refractivity contribution >= 4 is 62.7 Å². The van der Waals surface area contributed by atoms with Crippen LogP contribution in [0.15, 0.2) is 42.5 Å². The highest BCUT2D eigenvalue weighted by atomic mass is 32.1. The number of carbonyl (C=O) groups excluding carboxylic acids is 1. The van der Waals surface area contributed by atoms with Crippen molar-refractivity contribution in [3.05, 3.63) is 68.9 Å². The Labute approximate surface area is 360 Å². The van der Waals surface area contributed by atoms with Crippen LogP contribution in [-0.4, -0.2) is 5.97 Å². The van der Waals surface area contributed by atoms with Gasteiger partial charge in [-0.15, -0.1) is 56.7 Å². The molecule has 0 aromatic carbocycles. The Hall–Kier alpha value is -2.03. The predicted molar refractivity (Wildman–Crippen MR) is 254 cm³/mol. The Bertz CT molecular complexity index is 1860. The zero-order valence-electron chi connectivity index (χ0n) is 35.2. The molecule has 0 spiro atoms. The normalized spacial score (nSPS) is 11.6. The lowest BCUT2D eigenvalue weighted by molar-refractivity contribution is -0.142. The van der Waals surface area contributed by atoms with E-state index >= 15 is 0 Å². The van der Waals surface area contributed by atoms with Gasteiger partial charge in [-0.25, -0.2) is 0 Å². The minimum Gasteiger partial charge on any atom is -0.461 e. The van der Waals surface area contributed by atoms with Crippen LogP contribution in [0.3, 0.4) is 0 Å². The average molecular weight is 849 g/mol. The maximum Gasteiger partial charge on any atom is 0.302 e. The zero-order chi connectivity index (χ0) is 39.5. The van der Waals surface area contributed by atoms with Gasteiger partial charge in [-0.05, 0) is 93.1 Å². The van der Waals surface area contributed by atoms with E-state index in [-0.39, 0.29) is 5.97 Å². The van der Waals surface area contributed by atoms with E-state index in [0.29, 0.717) is 6.61 Å². The van der Waals surface area contributed by atoms with Crippen molar-refractivity contribution in [2.75, 3.05) is 0 Å². The van der Waals surface area contributed by atoms with Gasteiger partial charge in [0.2, 0.25) is 0 Å². The molecule has 306 valence electrons. The average Bonchev–Trinajstić information content (AvgIpc) is 4.03. The van der Waals surface area contributed by atoms with Gasteiger partial charge in [0.25, 0.3) is 0 Å². The van der Waals surface area contributed by atoms with E-state index in [0.717, 1.165) is 12.0 Å². The number of carbonyl (C=O) groups is 1. The van der Waals surface area contributed by atoms with Gasteiger partial charge in [0, 0.05) is 61.3 Å². The third kappa shape index (κ3) is 14.4. The number of aryl methyl sites for hydroxylation is 4. The largest absolute Gasteiger partial charge is 0.461 e. The SMILES string of the molecule is CCCCCCCCCCCCc1cc(C)sc1-c1ccc(-c2ccc(-c3sc(-c4cc(COC(C)=O)c(C)s4)cc3CCCCCCCCCCCC)s2)s1. The molecule has 0 unspecified atom stereocenters. The molecule has 0 bridgehead atoms. The molecule has 5 aromatic rings. The van der Waals surface area contributed by atoms with E-state index < -0.39 is 0 Å². The Balaban J connectivity index is 1.23. The van der Waals surface area contributed by atoms with Crippen LogP contribution in [0.4, 0.5) is 0 Å². The first-order chi connectivity index (χ1) is 27.4. The summed E-state index contributed by atoms with van der Waals surface area (Å²) in [5.41, 5.74) is 4.16. The molecular weight excluding hydrogens is 781 g/mol. The molecule has 0 atom stereocenters. The molecule has 0 fully saturated rings. The van der Waals surface area contributed by atoms with Crippen LogP contribution in [0.25, 0.3) is 39.0 Å². The monoisotopic (exact) mass is 848 g/mol. The molecule has 0 radical (unpaired) electrons. The second-order valence-corrected chi connectivity index (χ2v) is 21.6. The van der Waals surface area contributed by atoms with Crippen molar-refractivity contribution in [1.82, 2.24) is 0 Å². The lowest BCUT2D eigenvalue weighted by Crippen LogP contribution is -1.98. The number of esters is 1. The van der Waals surface area contributed by atoms with Crippen LogP contribution in [0, 0.1) is 13.8 Å². The third-order valence-corrected chi connectivity index (χ3v) is 17.2. The van der Waals surface area contributed by atoms with Crippen LogP contribution < -0.4 is 0 Å². The fourth-order valence-corrected chi connectivity index (χ4v) is 13.4. The molecule has 5 rings (SSSR count). The van der Waals surface area contributed by atoms with Gasteiger partial charge in [0.1, 0.15) is 6.61 Å². The number of hydrogen-bond donors (Lipinski definition) is 0. The van der Waals surface area contributed by atoms with Gasteiger partial charge in [-0.2, -0.15) is 0 Å². The van der Waals surface area contributed by atoms with E-state index in [9.17, 15) is 4.79 Å². The summed E-state index contributed by atoms with van der Waals surface area (Å²) in [6.45, 7) is 10.9. The van der Waals surface area contributed by atoms with Crippen LogP contribution in [0.1, 0.15) is 176 Å². The lowest BCUT2D eigenvalue weighted by atomic mass is 10.0. The van der Waals surface area contributed by atoms with Gasteiger partial charge >= 0.3 is 5.97 Å². The number of rotatable bonds is 28. The molecule has 0 saturated carbocycles. The van der Waals surface area contributed by atoms with Crippen molar-refractivity contribution in [3.63, 3.8) is 0 Å². The summed E-state index contributed by atoms with van der Waals surface area (Å²) in [5.74, 6) is -0.226. The molecule has 0 aliphatic carbocycles. The maximum atomic E-state index is 11.5. The van der Waals surface area contributed by atoms with Crippen molar-refractivity contribution < 1.29 is 9.53 Å². The maximum absolute atomic E-state index is 11.5. The second kappa shape index (κ2) is 24.8. The first-order valence-electron chi connectivity index (χ1n) is 22.0. The summed E-state index contributed by atoms with van der Waals surface area (Å²) in [7, 11) is 0. The van der Waals surface area contributed by atoms with E-state index in [1.54, 1.807) is 5.56 Å². The Morgan fingerprint density at radius 3 is 1.38 bits per heavy atom. The Morgan fingerprint density at radius 1 is 0.464 bits per heavy atom. The summed E-state index contributed by atoms with van der Waals surface area (Å²) < 4.78 is 5.38. The summed E-state index contributed by atoms with van der Waals surface area (Å²) in [6, 6.07) is 16.6. The molecule has 7 heteroatoms. The molecule has 0 aliphatic rings. The molecular formula is C49H68O2S5. The second-order valence-electron chi connectivity index (χ2n) is 15.8. The molecule has 5 heterocycles. The van der Waals surface area contributed by atoms with Crippen molar-refractivity contribution in [2.24, 2.45) is 0 Å². The summed E-state index contributed by atoms with van der Waals surface area (Å²) in [5, 5.41) is 0.